The van der Waals surface area contributed by atoms with Gasteiger partial charge in [-0.1, -0.05) is 42.5 Å². The first-order valence-electron chi connectivity index (χ1n) is 8.67. The van der Waals surface area contributed by atoms with Crippen LogP contribution < -0.4 is 16.0 Å². The molecule has 3 amide bonds. The average Bonchev–Trinajstić information content (AvgIpc) is 3.31. The van der Waals surface area contributed by atoms with Crippen molar-refractivity contribution in [2.45, 2.75) is 25.3 Å². The number of nitrogens with one attached hydrogen (secondary N) is 3. The topological polar surface area (TPSA) is 70.2 Å². The summed E-state index contributed by atoms with van der Waals surface area (Å²) in [6, 6.07) is 16.1. The van der Waals surface area contributed by atoms with Crippen LogP contribution in [0.15, 0.2) is 48.5 Å². The normalized spacial score (nSPS) is 20.6. The minimum Gasteiger partial charge on any atom is -0.338 e. The lowest BCUT2D eigenvalue weighted by molar-refractivity contribution is -0.115. The molecule has 5 nitrogen and oxygen atoms in total. The summed E-state index contributed by atoms with van der Waals surface area (Å²) in [4.78, 5) is 23.4. The molecule has 0 unspecified atom stereocenters. The first-order chi connectivity index (χ1) is 12.2. The van der Waals surface area contributed by atoms with Crippen molar-refractivity contribution < 1.29 is 9.59 Å². The van der Waals surface area contributed by atoms with Gasteiger partial charge in [0.05, 0.1) is 6.42 Å². The fourth-order valence-corrected chi connectivity index (χ4v) is 3.44. The number of hydrogen-bond acceptors (Lipinski definition) is 2. The Balaban J connectivity index is 1.22. The molecule has 0 spiro atoms. The van der Waals surface area contributed by atoms with Crippen LogP contribution in [-0.4, -0.2) is 18.5 Å². The van der Waals surface area contributed by atoms with Crippen molar-refractivity contribution in [2.24, 2.45) is 5.92 Å². The van der Waals surface area contributed by atoms with Gasteiger partial charge in [-0.15, -0.1) is 0 Å². The zero-order valence-electron chi connectivity index (χ0n) is 13.9. The molecule has 2 aromatic carbocycles. The van der Waals surface area contributed by atoms with Crippen molar-refractivity contribution >= 4 is 17.6 Å². The molecular formula is C20H21N3O2. The summed E-state index contributed by atoms with van der Waals surface area (Å²) in [5.74, 6) is 1.13. The number of hydrogen-bond donors (Lipinski definition) is 3. The minimum atomic E-state index is -0.145. The first-order valence-corrected chi connectivity index (χ1v) is 8.67. The highest BCUT2D eigenvalue weighted by Crippen LogP contribution is 2.46. The molecule has 0 aromatic heterocycles. The van der Waals surface area contributed by atoms with E-state index in [2.05, 4.69) is 40.2 Å². The van der Waals surface area contributed by atoms with Crippen LogP contribution in [-0.2, 0) is 17.8 Å². The predicted molar refractivity (Wildman–Crippen MR) is 96.3 cm³/mol. The second-order valence-electron chi connectivity index (χ2n) is 6.79. The van der Waals surface area contributed by atoms with Gasteiger partial charge in [0.25, 0.3) is 0 Å². The Bertz CT molecular complexity index is 804. The Kier molecular flexibility index (Phi) is 4.14. The maximum Gasteiger partial charge on any atom is 0.315 e. The molecule has 5 heteroatoms. The summed E-state index contributed by atoms with van der Waals surface area (Å²) >= 11 is 0. The van der Waals surface area contributed by atoms with E-state index in [9.17, 15) is 9.59 Å². The Morgan fingerprint density at radius 3 is 2.80 bits per heavy atom. The van der Waals surface area contributed by atoms with Crippen LogP contribution in [0.2, 0.25) is 0 Å². The van der Waals surface area contributed by atoms with Gasteiger partial charge < -0.3 is 16.0 Å². The molecule has 1 saturated carbocycles. The molecule has 1 aliphatic carbocycles. The largest absolute Gasteiger partial charge is 0.338 e. The molecule has 1 aliphatic heterocycles. The molecule has 0 bridgehead atoms. The van der Waals surface area contributed by atoms with E-state index in [0.29, 0.717) is 31.3 Å². The molecule has 2 aliphatic rings. The maximum absolute atomic E-state index is 12.0. The standard InChI is InChI=1S/C20H21N3O2/c24-19-10-15-8-13(6-7-18(15)23-19)11-21-20(25)22-12-16-9-17(16)14-4-2-1-3-5-14/h1-8,16-17H,9-12H2,(H,23,24)(H2,21,22,25)/t16-,17-/m0/s1. The SMILES string of the molecule is O=C1Cc2cc(CNC(=O)NC[C@@H]3C[C@H]3c3ccccc3)ccc2N1. The fourth-order valence-electron chi connectivity index (χ4n) is 3.44. The zero-order valence-corrected chi connectivity index (χ0v) is 13.9. The third-order valence-electron chi connectivity index (χ3n) is 4.92. The van der Waals surface area contributed by atoms with Crippen molar-refractivity contribution in [2.75, 3.05) is 11.9 Å². The maximum atomic E-state index is 12.0. The Labute approximate surface area is 146 Å². The van der Waals surface area contributed by atoms with Gasteiger partial charge in [0, 0.05) is 18.8 Å². The molecule has 25 heavy (non-hydrogen) atoms. The first kappa shape index (κ1) is 15.7. The third-order valence-corrected chi connectivity index (χ3v) is 4.92. The summed E-state index contributed by atoms with van der Waals surface area (Å²) < 4.78 is 0. The molecule has 4 rings (SSSR count). The van der Waals surface area contributed by atoms with Gasteiger partial charge in [-0.3, -0.25) is 4.79 Å². The van der Waals surface area contributed by atoms with E-state index >= 15 is 0 Å². The van der Waals surface area contributed by atoms with Gasteiger partial charge in [-0.2, -0.15) is 0 Å². The van der Waals surface area contributed by atoms with Gasteiger partial charge in [0.1, 0.15) is 0 Å². The molecule has 0 radical (unpaired) electrons. The molecule has 2 aromatic rings. The Hall–Kier alpha value is -2.82. The summed E-state index contributed by atoms with van der Waals surface area (Å²) in [7, 11) is 0. The quantitative estimate of drug-likeness (QED) is 0.786. The highest BCUT2D eigenvalue weighted by molar-refractivity contribution is 5.99. The number of benzene rings is 2. The number of carbonyl (C=O) groups is 2. The number of urea groups is 1. The number of fused-ring (bicyclic) bond motifs is 1. The zero-order chi connectivity index (χ0) is 17.2. The van der Waals surface area contributed by atoms with Gasteiger partial charge in [-0.25, -0.2) is 4.79 Å². The lowest BCUT2D eigenvalue weighted by atomic mass is 10.1. The second kappa shape index (κ2) is 6.59. The number of anilines is 1. The van der Waals surface area contributed by atoms with Crippen molar-refractivity contribution in [3.8, 4) is 0 Å². The van der Waals surface area contributed by atoms with E-state index in [1.54, 1.807) is 0 Å². The molecule has 1 fully saturated rings. The summed E-state index contributed by atoms with van der Waals surface area (Å²) in [6.07, 6.45) is 1.55. The van der Waals surface area contributed by atoms with E-state index < -0.39 is 0 Å². The molecule has 1 heterocycles. The van der Waals surface area contributed by atoms with Gasteiger partial charge in [0.15, 0.2) is 0 Å². The van der Waals surface area contributed by atoms with E-state index in [1.165, 1.54) is 5.56 Å². The minimum absolute atomic E-state index is 0.0234. The van der Waals surface area contributed by atoms with Crippen molar-refractivity contribution in [1.29, 1.82) is 0 Å². The van der Waals surface area contributed by atoms with Crippen molar-refractivity contribution in [3.05, 3.63) is 65.2 Å². The molecule has 2 atom stereocenters. The smallest absolute Gasteiger partial charge is 0.315 e. The highest BCUT2D eigenvalue weighted by Gasteiger charge is 2.37. The van der Waals surface area contributed by atoms with Crippen LogP contribution in [0.5, 0.6) is 0 Å². The van der Waals surface area contributed by atoms with Crippen LogP contribution >= 0.6 is 0 Å². The summed E-state index contributed by atoms with van der Waals surface area (Å²) in [5, 5.41) is 8.65. The fraction of sp³-hybridized carbons (Fsp3) is 0.300. The highest BCUT2D eigenvalue weighted by atomic mass is 16.2. The van der Waals surface area contributed by atoms with Gasteiger partial charge >= 0.3 is 6.03 Å². The summed E-state index contributed by atoms with van der Waals surface area (Å²) in [6.45, 7) is 1.16. The Morgan fingerprint density at radius 2 is 1.96 bits per heavy atom. The van der Waals surface area contributed by atoms with E-state index in [4.69, 9.17) is 0 Å². The lowest BCUT2D eigenvalue weighted by Crippen LogP contribution is -2.36. The monoisotopic (exact) mass is 335 g/mol. The van der Waals surface area contributed by atoms with Crippen LogP contribution in [0.4, 0.5) is 10.5 Å². The van der Waals surface area contributed by atoms with Crippen LogP contribution in [0.1, 0.15) is 29.0 Å². The van der Waals surface area contributed by atoms with E-state index in [1.807, 2.05) is 24.3 Å². The van der Waals surface area contributed by atoms with Crippen LogP contribution in [0.3, 0.4) is 0 Å². The van der Waals surface area contributed by atoms with E-state index in [0.717, 1.165) is 23.2 Å². The third kappa shape index (κ3) is 3.65. The molecule has 0 saturated heterocycles. The Morgan fingerprint density at radius 1 is 1.12 bits per heavy atom. The van der Waals surface area contributed by atoms with Gasteiger partial charge in [-0.05, 0) is 41.0 Å². The number of carbonyl (C=O) groups excluding carboxylic acids is 2. The van der Waals surface area contributed by atoms with Crippen LogP contribution in [0.25, 0.3) is 0 Å². The summed E-state index contributed by atoms with van der Waals surface area (Å²) in [5.41, 5.74) is 4.22. The van der Waals surface area contributed by atoms with Crippen molar-refractivity contribution in [1.82, 2.24) is 10.6 Å². The molecule has 3 N–H and O–H groups in total. The second-order valence-corrected chi connectivity index (χ2v) is 6.79. The average molecular weight is 335 g/mol. The lowest BCUT2D eigenvalue weighted by Gasteiger charge is -2.09. The predicted octanol–water partition coefficient (Wildman–Crippen LogP) is 2.78. The molecular weight excluding hydrogens is 314 g/mol. The number of rotatable bonds is 5. The number of amides is 3. The van der Waals surface area contributed by atoms with Crippen molar-refractivity contribution in [3.63, 3.8) is 0 Å². The van der Waals surface area contributed by atoms with Crippen LogP contribution in [0, 0.1) is 5.92 Å². The van der Waals surface area contributed by atoms with Gasteiger partial charge in [0.2, 0.25) is 5.91 Å². The van der Waals surface area contributed by atoms with E-state index in [-0.39, 0.29) is 11.9 Å². The molecule has 128 valence electrons.